The fraction of sp³-hybridized carbons (Fsp3) is 0.238. The molecule has 0 bridgehead atoms. The van der Waals surface area contributed by atoms with Gasteiger partial charge in [0.2, 0.25) is 0 Å². The van der Waals surface area contributed by atoms with Crippen LogP contribution < -0.4 is 10.2 Å². The summed E-state index contributed by atoms with van der Waals surface area (Å²) in [6.45, 7) is 4.24. The highest BCUT2D eigenvalue weighted by Gasteiger charge is 2.15. The molecule has 0 radical (unpaired) electrons. The van der Waals surface area contributed by atoms with Gasteiger partial charge in [0.15, 0.2) is 0 Å². The molecule has 1 fully saturated rings. The maximum Gasteiger partial charge on any atom is 0.255 e. The second kappa shape index (κ2) is 6.96. The average molecular weight is 366 g/mol. The first-order valence-electron chi connectivity index (χ1n) is 8.83. The zero-order valence-corrected chi connectivity index (χ0v) is 15.4. The van der Waals surface area contributed by atoms with Crippen molar-refractivity contribution in [1.82, 2.24) is 4.98 Å². The molecule has 0 spiro atoms. The van der Waals surface area contributed by atoms with E-state index in [0.717, 1.165) is 41.1 Å². The van der Waals surface area contributed by atoms with E-state index in [-0.39, 0.29) is 5.91 Å². The number of aryl methyl sites for hydroxylation is 1. The summed E-state index contributed by atoms with van der Waals surface area (Å²) in [5.74, 6) is 0.870. The van der Waals surface area contributed by atoms with Crippen LogP contribution >= 0.6 is 11.6 Å². The van der Waals surface area contributed by atoms with E-state index in [1.807, 2.05) is 18.2 Å². The van der Waals surface area contributed by atoms with Gasteiger partial charge in [0.25, 0.3) is 5.91 Å². The number of hydrogen-bond acceptors (Lipinski definition) is 3. The quantitative estimate of drug-likeness (QED) is 0.706. The number of benzene rings is 2. The summed E-state index contributed by atoms with van der Waals surface area (Å²) in [7, 11) is 0. The summed E-state index contributed by atoms with van der Waals surface area (Å²) >= 11 is 5.97. The molecule has 1 aliphatic heterocycles. The summed E-state index contributed by atoms with van der Waals surface area (Å²) in [5.41, 5.74) is 3.40. The third kappa shape index (κ3) is 3.37. The molecule has 2 heterocycles. The number of pyridine rings is 1. The molecule has 1 aliphatic rings. The Morgan fingerprint density at radius 3 is 2.69 bits per heavy atom. The molecule has 0 unspecified atom stereocenters. The van der Waals surface area contributed by atoms with Gasteiger partial charge in [-0.3, -0.25) is 4.79 Å². The Hall–Kier alpha value is -2.59. The van der Waals surface area contributed by atoms with Crippen molar-refractivity contribution in [2.75, 3.05) is 23.3 Å². The number of halogens is 1. The number of nitrogens with one attached hydrogen (secondary N) is 1. The van der Waals surface area contributed by atoms with Crippen LogP contribution in [0.1, 0.15) is 28.8 Å². The smallest absolute Gasteiger partial charge is 0.255 e. The van der Waals surface area contributed by atoms with E-state index < -0.39 is 0 Å². The molecule has 0 atom stereocenters. The van der Waals surface area contributed by atoms with Crippen LogP contribution in [0, 0.1) is 6.92 Å². The number of fused-ring (bicyclic) bond motifs is 1. The van der Waals surface area contributed by atoms with E-state index in [9.17, 15) is 4.79 Å². The SMILES string of the molecule is Cc1cc(N2CCCC2)nc2ccc(NC(=O)c3cccc(Cl)c3)cc12. The predicted molar refractivity (Wildman–Crippen MR) is 107 cm³/mol. The first kappa shape index (κ1) is 16.9. The zero-order chi connectivity index (χ0) is 18.1. The van der Waals surface area contributed by atoms with Crippen molar-refractivity contribution in [3.8, 4) is 0 Å². The van der Waals surface area contributed by atoms with Crippen LogP contribution in [-0.4, -0.2) is 24.0 Å². The van der Waals surface area contributed by atoms with Crippen LogP contribution in [-0.2, 0) is 0 Å². The van der Waals surface area contributed by atoms with Crippen molar-refractivity contribution < 1.29 is 4.79 Å². The summed E-state index contributed by atoms with van der Waals surface area (Å²) in [4.78, 5) is 19.6. The maximum atomic E-state index is 12.4. The molecule has 132 valence electrons. The predicted octanol–water partition coefficient (Wildman–Crippen LogP) is 5.05. The van der Waals surface area contributed by atoms with Crippen LogP contribution in [0.25, 0.3) is 10.9 Å². The Morgan fingerprint density at radius 2 is 1.92 bits per heavy atom. The van der Waals surface area contributed by atoms with Gasteiger partial charge in [-0.1, -0.05) is 17.7 Å². The molecule has 4 rings (SSSR count). The van der Waals surface area contributed by atoms with Crippen LogP contribution in [0.2, 0.25) is 5.02 Å². The van der Waals surface area contributed by atoms with Crippen molar-refractivity contribution in [1.29, 1.82) is 0 Å². The molecule has 0 saturated carbocycles. The average Bonchev–Trinajstić information content (AvgIpc) is 3.17. The van der Waals surface area contributed by atoms with Crippen LogP contribution in [0.5, 0.6) is 0 Å². The Labute approximate surface area is 157 Å². The van der Waals surface area contributed by atoms with Crippen molar-refractivity contribution in [2.45, 2.75) is 19.8 Å². The lowest BCUT2D eigenvalue weighted by Gasteiger charge is -2.18. The molecule has 0 aliphatic carbocycles. The van der Waals surface area contributed by atoms with Gasteiger partial charge in [-0.05, 0) is 67.8 Å². The standard InChI is InChI=1S/C21H20ClN3O/c1-14-11-20(25-9-2-3-10-25)24-19-8-7-17(13-18(14)19)23-21(26)15-5-4-6-16(22)12-15/h4-8,11-13H,2-3,9-10H2,1H3,(H,23,26). The van der Waals surface area contributed by atoms with Crippen LogP contribution in [0.4, 0.5) is 11.5 Å². The lowest BCUT2D eigenvalue weighted by atomic mass is 10.1. The minimum Gasteiger partial charge on any atom is -0.357 e. The molecule has 1 aromatic heterocycles. The molecule has 26 heavy (non-hydrogen) atoms. The zero-order valence-electron chi connectivity index (χ0n) is 14.6. The fourth-order valence-electron chi connectivity index (χ4n) is 3.40. The molecule has 1 saturated heterocycles. The van der Waals surface area contributed by atoms with E-state index in [1.165, 1.54) is 12.8 Å². The van der Waals surface area contributed by atoms with E-state index in [2.05, 4.69) is 23.2 Å². The van der Waals surface area contributed by atoms with E-state index >= 15 is 0 Å². The number of rotatable bonds is 3. The highest BCUT2D eigenvalue weighted by Crippen LogP contribution is 2.27. The van der Waals surface area contributed by atoms with Crippen LogP contribution in [0.15, 0.2) is 48.5 Å². The molecule has 1 N–H and O–H groups in total. The molecule has 5 heteroatoms. The summed E-state index contributed by atoms with van der Waals surface area (Å²) in [6.07, 6.45) is 2.46. The minimum atomic E-state index is -0.175. The summed E-state index contributed by atoms with van der Waals surface area (Å²) in [6, 6.07) is 14.9. The first-order chi connectivity index (χ1) is 12.6. The van der Waals surface area contributed by atoms with Gasteiger partial charge in [0.1, 0.15) is 5.82 Å². The van der Waals surface area contributed by atoms with Gasteiger partial charge in [0, 0.05) is 34.7 Å². The normalized spacial score (nSPS) is 14.0. The molecule has 1 amide bonds. The van der Waals surface area contributed by atoms with Crippen molar-refractivity contribution >= 4 is 39.9 Å². The lowest BCUT2D eigenvalue weighted by molar-refractivity contribution is 0.102. The molecule has 2 aromatic carbocycles. The van der Waals surface area contributed by atoms with Crippen molar-refractivity contribution in [3.05, 3.63) is 64.7 Å². The van der Waals surface area contributed by atoms with Gasteiger partial charge in [-0.2, -0.15) is 0 Å². The van der Waals surface area contributed by atoms with E-state index in [4.69, 9.17) is 16.6 Å². The Balaban J connectivity index is 1.62. The molecular weight excluding hydrogens is 346 g/mol. The van der Waals surface area contributed by atoms with Crippen LogP contribution in [0.3, 0.4) is 0 Å². The Kier molecular flexibility index (Phi) is 4.51. The number of amides is 1. The molecule has 4 nitrogen and oxygen atoms in total. The van der Waals surface area contributed by atoms with E-state index in [1.54, 1.807) is 24.3 Å². The summed E-state index contributed by atoms with van der Waals surface area (Å²) < 4.78 is 0. The third-order valence-corrected chi connectivity index (χ3v) is 5.01. The van der Waals surface area contributed by atoms with Gasteiger partial charge in [-0.15, -0.1) is 0 Å². The first-order valence-corrected chi connectivity index (χ1v) is 9.21. The number of hydrogen-bond donors (Lipinski definition) is 1. The largest absolute Gasteiger partial charge is 0.357 e. The van der Waals surface area contributed by atoms with Crippen molar-refractivity contribution in [3.63, 3.8) is 0 Å². The monoisotopic (exact) mass is 365 g/mol. The van der Waals surface area contributed by atoms with Crippen molar-refractivity contribution in [2.24, 2.45) is 0 Å². The fourth-order valence-corrected chi connectivity index (χ4v) is 3.59. The van der Waals surface area contributed by atoms with Gasteiger partial charge in [-0.25, -0.2) is 4.98 Å². The number of nitrogens with zero attached hydrogens (tertiary/aromatic N) is 2. The van der Waals surface area contributed by atoms with Gasteiger partial charge in [0.05, 0.1) is 5.52 Å². The number of aromatic nitrogens is 1. The highest BCUT2D eigenvalue weighted by molar-refractivity contribution is 6.31. The minimum absolute atomic E-state index is 0.175. The number of anilines is 2. The highest BCUT2D eigenvalue weighted by atomic mass is 35.5. The lowest BCUT2D eigenvalue weighted by Crippen LogP contribution is -2.19. The maximum absolute atomic E-state index is 12.4. The number of carbonyl (C=O) groups is 1. The van der Waals surface area contributed by atoms with E-state index in [0.29, 0.717) is 10.6 Å². The van der Waals surface area contributed by atoms with Gasteiger partial charge >= 0.3 is 0 Å². The molecule has 3 aromatic rings. The number of carbonyl (C=O) groups excluding carboxylic acids is 1. The second-order valence-electron chi connectivity index (χ2n) is 6.69. The third-order valence-electron chi connectivity index (χ3n) is 4.78. The second-order valence-corrected chi connectivity index (χ2v) is 7.12. The van der Waals surface area contributed by atoms with Gasteiger partial charge < -0.3 is 10.2 Å². The Morgan fingerprint density at radius 1 is 1.12 bits per heavy atom. The topological polar surface area (TPSA) is 45.2 Å². The molecular formula is C21H20ClN3O. The summed E-state index contributed by atoms with van der Waals surface area (Å²) in [5, 5.41) is 4.54. The Bertz CT molecular complexity index is 980.